The van der Waals surface area contributed by atoms with Crippen molar-refractivity contribution in [1.29, 1.82) is 0 Å². The summed E-state index contributed by atoms with van der Waals surface area (Å²) in [5.74, 6) is 0.851. The van der Waals surface area contributed by atoms with E-state index in [1.54, 1.807) is 11.0 Å². The van der Waals surface area contributed by atoms with Gasteiger partial charge in [0.2, 0.25) is 0 Å². The fraction of sp³-hybridized carbons (Fsp3) is 0.800. The number of ether oxygens (including phenoxy) is 1. The van der Waals surface area contributed by atoms with Gasteiger partial charge >= 0.3 is 0 Å². The molecule has 1 aromatic heterocycles. The van der Waals surface area contributed by atoms with E-state index in [1.165, 1.54) is 0 Å². The molecule has 0 atom stereocenters. The molecule has 2 heterocycles. The number of rotatable bonds is 5. The van der Waals surface area contributed by atoms with Crippen LogP contribution in [0.3, 0.4) is 0 Å². The first-order chi connectivity index (χ1) is 7.84. The molecule has 1 aromatic rings. The average Bonchev–Trinajstić information content (AvgIpc) is 2.72. The van der Waals surface area contributed by atoms with Crippen molar-refractivity contribution in [2.45, 2.75) is 6.54 Å². The molecule has 1 N–H and O–H groups in total. The number of aromatic nitrogens is 3. The van der Waals surface area contributed by atoms with Gasteiger partial charge in [0.1, 0.15) is 6.33 Å². The van der Waals surface area contributed by atoms with E-state index in [2.05, 4.69) is 20.3 Å². The molecule has 6 heteroatoms. The summed E-state index contributed by atoms with van der Waals surface area (Å²) >= 11 is 0. The molecule has 0 spiro atoms. The molecule has 1 aliphatic rings. The van der Waals surface area contributed by atoms with E-state index in [-0.39, 0.29) is 0 Å². The third-order valence-corrected chi connectivity index (χ3v) is 2.64. The van der Waals surface area contributed by atoms with Gasteiger partial charge in [0.15, 0.2) is 5.82 Å². The highest BCUT2D eigenvalue weighted by atomic mass is 16.5. The quantitative estimate of drug-likeness (QED) is 0.667. The largest absolute Gasteiger partial charge is 0.379 e. The monoisotopic (exact) mass is 225 g/mol. The van der Waals surface area contributed by atoms with Crippen molar-refractivity contribution >= 4 is 0 Å². The Morgan fingerprint density at radius 3 is 2.94 bits per heavy atom. The molecule has 16 heavy (non-hydrogen) atoms. The lowest BCUT2D eigenvalue weighted by atomic mass is 10.4. The molecular weight excluding hydrogens is 206 g/mol. The summed E-state index contributed by atoms with van der Waals surface area (Å²) in [4.78, 5) is 6.56. The van der Waals surface area contributed by atoms with Crippen LogP contribution in [0.15, 0.2) is 6.33 Å². The summed E-state index contributed by atoms with van der Waals surface area (Å²) in [6.45, 7) is 6.59. The Morgan fingerprint density at radius 2 is 2.25 bits per heavy atom. The minimum Gasteiger partial charge on any atom is -0.379 e. The maximum absolute atomic E-state index is 5.29. The first kappa shape index (κ1) is 11.5. The van der Waals surface area contributed by atoms with Gasteiger partial charge in [0, 0.05) is 33.2 Å². The lowest BCUT2D eigenvalue weighted by Gasteiger charge is -2.26. The van der Waals surface area contributed by atoms with E-state index in [0.717, 1.165) is 51.8 Å². The van der Waals surface area contributed by atoms with Crippen molar-refractivity contribution in [3.63, 3.8) is 0 Å². The zero-order chi connectivity index (χ0) is 11.2. The molecule has 90 valence electrons. The van der Waals surface area contributed by atoms with Gasteiger partial charge in [0.05, 0.1) is 19.8 Å². The van der Waals surface area contributed by atoms with Crippen molar-refractivity contribution in [2.24, 2.45) is 7.05 Å². The van der Waals surface area contributed by atoms with Crippen molar-refractivity contribution in [2.75, 3.05) is 39.4 Å². The smallest absolute Gasteiger partial charge is 0.164 e. The van der Waals surface area contributed by atoms with Gasteiger partial charge < -0.3 is 10.1 Å². The van der Waals surface area contributed by atoms with Gasteiger partial charge in [0.25, 0.3) is 0 Å². The molecule has 0 unspecified atom stereocenters. The molecule has 0 amide bonds. The Kier molecular flexibility index (Phi) is 4.26. The number of hydrogen-bond acceptors (Lipinski definition) is 5. The summed E-state index contributed by atoms with van der Waals surface area (Å²) in [5, 5.41) is 7.55. The topological polar surface area (TPSA) is 55.2 Å². The van der Waals surface area contributed by atoms with Crippen LogP contribution in [0.4, 0.5) is 0 Å². The van der Waals surface area contributed by atoms with Gasteiger partial charge in [-0.2, -0.15) is 5.10 Å². The van der Waals surface area contributed by atoms with Crippen molar-refractivity contribution < 1.29 is 4.74 Å². The Labute approximate surface area is 95.6 Å². The summed E-state index contributed by atoms with van der Waals surface area (Å²) in [6, 6.07) is 0. The SMILES string of the molecule is Cn1cnc(CNCCN2CCOCC2)n1. The Morgan fingerprint density at radius 1 is 1.44 bits per heavy atom. The van der Waals surface area contributed by atoms with Crippen LogP contribution in [0.25, 0.3) is 0 Å². The first-order valence-electron chi connectivity index (χ1n) is 5.70. The summed E-state index contributed by atoms with van der Waals surface area (Å²) in [6.07, 6.45) is 1.72. The number of nitrogens with one attached hydrogen (secondary N) is 1. The van der Waals surface area contributed by atoms with Crippen LogP contribution in [0, 0.1) is 0 Å². The Hall–Kier alpha value is -0.980. The number of morpholine rings is 1. The minimum atomic E-state index is 0.741. The van der Waals surface area contributed by atoms with Crippen LogP contribution in [0.2, 0.25) is 0 Å². The van der Waals surface area contributed by atoms with Crippen molar-refractivity contribution in [3.05, 3.63) is 12.2 Å². The van der Waals surface area contributed by atoms with Gasteiger partial charge in [-0.25, -0.2) is 4.98 Å². The van der Waals surface area contributed by atoms with Gasteiger partial charge in [-0.1, -0.05) is 0 Å². The lowest BCUT2D eigenvalue weighted by molar-refractivity contribution is 0.0384. The predicted octanol–water partition coefficient (Wildman–Crippen LogP) is -0.763. The highest BCUT2D eigenvalue weighted by Crippen LogP contribution is 1.95. The third kappa shape index (κ3) is 3.55. The molecule has 1 aliphatic heterocycles. The second-order valence-electron chi connectivity index (χ2n) is 3.97. The molecule has 0 aliphatic carbocycles. The van der Waals surface area contributed by atoms with E-state index in [9.17, 15) is 0 Å². The predicted molar refractivity (Wildman–Crippen MR) is 60.0 cm³/mol. The molecule has 0 bridgehead atoms. The van der Waals surface area contributed by atoms with Crippen LogP contribution < -0.4 is 5.32 Å². The zero-order valence-corrected chi connectivity index (χ0v) is 9.72. The molecular formula is C10H19N5O. The molecule has 0 saturated carbocycles. The van der Waals surface area contributed by atoms with Crippen molar-refractivity contribution in [3.8, 4) is 0 Å². The standard InChI is InChI=1S/C10H19N5O/c1-14-9-12-10(13-14)8-11-2-3-15-4-6-16-7-5-15/h9,11H,2-8H2,1H3. The van der Waals surface area contributed by atoms with Crippen LogP contribution in [-0.2, 0) is 18.3 Å². The average molecular weight is 225 g/mol. The number of aryl methyl sites for hydroxylation is 1. The van der Waals surface area contributed by atoms with E-state index in [0.29, 0.717) is 0 Å². The molecule has 0 radical (unpaired) electrons. The number of nitrogens with zero attached hydrogens (tertiary/aromatic N) is 4. The van der Waals surface area contributed by atoms with E-state index in [1.807, 2.05) is 7.05 Å². The zero-order valence-electron chi connectivity index (χ0n) is 9.72. The minimum absolute atomic E-state index is 0.741. The molecule has 6 nitrogen and oxygen atoms in total. The van der Waals surface area contributed by atoms with Gasteiger partial charge in [-0.15, -0.1) is 0 Å². The fourth-order valence-electron chi connectivity index (χ4n) is 1.73. The van der Waals surface area contributed by atoms with Crippen LogP contribution in [0.5, 0.6) is 0 Å². The molecule has 1 fully saturated rings. The van der Waals surface area contributed by atoms with Crippen LogP contribution >= 0.6 is 0 Å². The third-order valence-electron chi connectivity index (χ3n) is 2.64. The van der Waals surface area contributed by atoms with Crippen LogP contribution in [-0.4, -0.2) is 59.1 Å². The Balaban J connectivity index is 1.57. The summed E-state index contributed by atoms with van der Waals surface area (Å²) in [7, 11) is 1.88. The van der Waals surface area contributed by atoms with E-state index >= 15 is 0 Å². The van der Waals surface area contributed by atoms with E-state index in [4.69, 9.17) is 4.74 Å². The summed E-state index contributed by atoms with van der Waals surface area (Å²) < 4.78 is 7.01. The molecule has 1 saturated heterocycles. The second-order valence-corrected chi connectivity index (χ2v) is 3.97. The molecule has 2 rings (SSSR count). The van der Waals surface area contributed by atoms with Gasteiger partial charge in [-0.05, 0) is 0 Å². The highest BCUT2D eigenvalue weighted by Gasteiger charge is 2.09. The fourth-order valence-corrected chi connectivity index (χ4v) is 1.73. The van der Waals surface area contributed by atoms with E-state index < -0.39 is 0 Å². The lowest BCUT2D eigenvalue weighted by Crippen LogP contribution is -2.40. The molecule has 0 aromatic carbocycles. The second kappa shape index (κ2) is 5.93. The first-order valence-corrected chi connectivity index (χ1v) is 5.70. The maximum atomic E-state index is 5.29. The van der Waals surface area contributed by atoms with Gasteiger partial charge in [-0.3, -0.25) is 9.58 Å². The summed E-state index contributed by atoms with van der Waals surface area (Å²) in [5.41, 5.74) is 0. The van der Waals surface area contributed by atoms with Crippen LogP contribution in [0.1, 0.15) is 5.82 Å². The normalized spacial score (nSPS) is 17.8. The highest BCUT2D eigenvalue weighted by molar-refractivity contribution is 4.80. The Bertz CT molecular complexity index is 308. The maximum Gasteiger partial charge on any atom is 0.164 e. The number of hydrogen-bond donors (Lipinski definition) is 1. The van der Waals surface area contributed by atoms with Crippen molar-refractivity contribution in [1.82, 2.24) is 25.0 Å².